The van der Waals surface area contributed by atoms with Crippen molar-refractivity contribution in [3.63, 3.8) is 0 Å². The fourth-order valence-corrected chi connectivity index (χ4v) is 3.52. The minimum Gasteiger partial charge on any atom is -0.358 e. The Bertz CT molecular complexity index is 900. The first kappa shape index (κ1) is 16.9. The summed E-state index contributed by atoms with van der Waals surface area (Å²) in [6.45, 7) is 3.26. The Kier molecular flexibility index (Phi) is 4.55. The summed E-state index contributed by atoms with van der Waals surface area (Å²) in [4.78, 5) is 4.54. The van der Waals surface area contributed by atoms with Crippen molar-refractivity contribution in [1.82, 2.24) is 24.7 Å². The first-order valence-corrected chi connectivity index (χ1v) is 8.99. The van der Waals surface area contributed by atoms with Crippen LogP contribution in [0.4, 0.5) is 10.2 Å². The van der Waals surface area contributed by atoms with Crippen LogP contribution in [-0.2, 0) is 0 Å². The van der Waals surface area contributed by atoms with Gasteiger partial charge >= 0.3 is 0 Å². The Morgan fingerprint density at radius 1 is 1.12 bits per heavy atom. The van der Waals surface area contributed by atoms with Crippen molar-refractivity contribution >= 4 is 11.5 Å². The standard InChI is InChI=1S/C19H23FN6/c1-24-11-9-14(10-12-24)13-25(2)18-8-7-17-21-22-19(26(17)23-18)15-5-3-4-6-16(15)20/h3-8,14H,9-13H2,1-2H3. The highest BCUT2D eigenvalue weighted by Crippen LogP contribution is 2.23. The number of benzene rings is 1. The average molecular weight is 354 g/mol. The number of likely N-dealkylation sites (tertiary alicyclic amines) is 1. The number of hydrogen-bond donors (Lipinski definition) is 0. The van der Waals surface area contributed by atoms with Crippen molar-refractivity contribution in [2.75, 3.05) is 38.6 Å². The summed E-state index contributed by atoms with van der Waals surface area (Å²) in [5.74, 6) is 1.61. The van der Waals surface area contributed by atoms with Crippen LogP contribution in [0.2, 0.25) is 0 Å². The highest BCUT2D eigenvalue weighted by Gasteiger charge is 2.20. The second-order valence-corrected chi connectivity index (χ2v) is 7.09. The molecule has 0 N–H and O–H groups in total. The van der Waals surface area contributed by atoms with Gasteiger partial charge in [-0.1, -0.05) is 12.1 Å². The molecule has 0 spiro atoms. The number of piperidine rings is 1. The SMILES string of the molecule is CN1CCC(CN(C)c2ccc3nnc(-c4ccccc4F)n3n2)CC1. The van der Waals surface area contributed by atoms with E-state index in [1.54, 1.807) is 22.7 Å². The predicted molar refractivity (Wildman–Crippen MR) is 99.7 cm³/mol. The summed E-state index contributed by atoms with van der Waals surface area (Å²) < 4.78 is 15.8. The van der Waals surface area contributed by atoms with Crippen molar-refractivity contribution < 1.29 is 4.39 Å². The summed E-state index contributed by atoms with van der Waals surface area (Å²) in [7, 11) is 4.23. The van der Waals surface area contributed by atoms with Gasteiger partial charge in [0.1, 0.15) is 11.6 Å². The van der Waals surface area contributed by atoms with Gasteiger partial charge in [-0.05, 0) is 63.2 Å². The zero-order valence-corrected chi connectivity index (χ0v) is 15.1. The van der Waals surface area contributed by atoms with Gasteiger partial charge in [-0.2, -0.15) is 4.52 Å². The van der Waals surface area contributed by atoms with E-state index in [-0.39, 0.29) is 5.82 Å². The lowest BCUT2D eigenvalue weighted by Gasteiger charge is -2.32. The molecule has 4 rings (SSSR count). The number of hydrogen-bond acceptors (Lipinski definition) is 5. The van der Waals surface area contributed by atoms with Crippen molar-refractivity contribution in [2.45, 2.75) is 12.8 Å². The summed E-state index contributed by atoms with van der Waals surface area (Å²) in [6, 6.07) is 10.4. The van der Waals surface area contributed by atoms with E-state index in [0.717, 1.165) is 25.5 Å². The monoisotopic (exact) mass is 354 g/mol. The molecule has 0 saturated carbocycles. The van der Waals surface area contributed by atoms with E-state index in [9.17, 15) is 4.39 Å². The van der Waals surface area contributed by atoms with Crippen LogP contribution in [-0.4, -0.2) is 58.4 Å². The lowest BCUT2D eigenvalue weighted by Crippen LogP contribution is -2.36. The minimum absolute atomic E-state index is 0.325. The lowest BCUT2D eigenvalue weighted by molar-refractivity contribution is 0.222. The molecular weight excluding hydrogens is 331 g/mol. The lowest BCUT2D eigenvalue weighted by atomic mass is 9.97. The predicted octanol–water partition coefficient (Wildman–Crippen LogP) is 2.71. The number of anilines is 1. The van der Waals surface area contributed by atoms with Gasteiger partial charge in [0.25, 0.3) is 0 Å². The van der Waals surface area contributed by atoms with Crippen LogP contribution < -0.4 is 4.90 Å². The van der Waals surface area contributed by atoms with E-state index in [1.165, 1.54) is 18.9 Å². The summed E-state index contributed by atoms with van der Waals surface area (Å²) >= 11 is 0. The van der Waals surface area contributed by atoms with E-state index in [0.29, 0.717) is 23.0 Å². The fraction of sp³-hybridized carbons (Fsp3) is 0.421. The second-order valence-electron chi connectivity index (χ2n) is 7.09. The van der Waals surface area contributed by atoms with Gasteiger partial charge in [0.15, 0.2) is 11.5 Å². The number of aromatic nitrogens is 4. The van der Waals surface area contributed by atoms with Gasteiger partial charge in [-0.3, -0.25) is 0 Å². The highest BCUT2D eigenvalue weighted by molar-refractivity contribution is 5.60. The number of rotatable bonds is 4. The van der Waals surface area contributed by atoms with E-state index in [1.807, 2.05) is 12.1 Å². The molecule has 0 unspecified atom stereocenters. The van der Waals surface area contributed by atoms with Gasteiger partial charge < -0.3 is 9.80 Å². The van der Waals surface area contributed by atoms with Crippen LogP contribution in [0, 0.1) is 11.7 Å². The van der Waals surface area contributed by atoms with Gasteiger partial charge in [-0.25, -0.2) is 4.39 Å². The van der Waals surface area contributed by atoms with Crippen molar-refractivity contribution in [1.29, 1.82) is 0 Å². The Morgan fingerprint density at radius 2 is 1.88 bits per heavy atom. The molecule has 1 aliphatic rings. The van der Waals surface area contributed by atoms with Crippen LogP contribution in [0.3, 0.4) is 0 Å². The molecule has 1 saturated heterocycles. The maximum atomic E-state index is 14.2. The maximum absolute atomic E-state index is 14.2. The minimum atomic E-state index is -0.325. The van der Waals surface area contributed by atoms with Crippen LogP contribution in [0.5, 0.6) is 0 Å². The smallest absolute Gasteiger partial charge is 0.188 e. The van der Waals surface area contributed by atoms with Crippen molar-refractivity contribution in [3.05, 3.63) is 42.2 Å². The summed E-state index contributed by atoms with van der Waals surface area (Å²) in [5.41, 5.74) is 1.02. The zero-order valence-electron chi connectivity index (χ0n) is 15.1. The van der Waals surface area contributed by atoms with Crippen LogP contribution in [0.25, 0.3) is 17.0 Å². The normalized spacial score (nSPS) is 16.3. The molecule has 0 radical (unpaired) electrons. The van der Waals surface area contributed by atoms with Gasteiger partial charge in [0, 0.05) is 13.6 Å². The van der Waals surface area contributed by atoms with E-state index in [2.05, 4.69) is 39.2 Å². The third-order valence-corrected chi connectivity index (χ3v) is 5.12. The molecule has 3 heterocycles. The van der Waals surface area contributed by atoms with E-state index in [4.69, 9.17) is 0 Å². The highest BCUT2D eigenvalue weighted by atomic mass is 19.1. The molecule has 2 aromatic heterocycles. The molecular formula is C19H23FN6. The quantitative estimate of drug-likeness (QED) is 0.721. The molecule has 3 aromatic rings. The van der Waals surface area contributed by atoms with Crippen molar-refractivity contribution in [2.24, 2.45) is 5.92 Å². The molecule has 1 fully saturated rings. The van der Waals surface area contributed by atoms with E-state index < -0.39 is 0 Å². The molecule has 0 amide bonds. The summed E-state index contributed by atoms with van der Waals surface area (Å²) in [6.07, 6.45) is 2.41. The van der Waals surface area contributed by atoms with Crippen LogP contribution >= 0.6 is 0 Å². The van der Waals surface area contributed by atoms with Gasteiger partial charge in [-0.15, -0.1) is 15.3 Å². The number of fused-ring (bicyclic) bond motifs is 1. The zero-order chi connectivity index (χ0) is 18.1. The molecule has 26 heavy (non-hydrogen) atoms. The van der Waals surface area contributed by atoms with Crippen LogP contribution in [0.15, 0.2) is 36.4 Å². The molecule has 6 nitrogen and oxygen atoms in total. The van der Waals surface area contributed by atoms with Crippen LogP contribution in [0.1, 0.15) is 12.8 Å². The fourth-order valence-electron chi connectivity index (χ4n) is 3.52. The molecule has 1 aromatic carbocycles. The molecule has 1 aliphatic heterocycles. The van der Waals surface area contributed by atoms with E-state index >= 15 is 0 Å². The van der Waals surface area contributed by atoms with Gasteiger partial charge in [0.05, 0.1) is 5.56 Å². The molecule has 0 bridgehead atoms. The Hall–Kier alpha value is -2.54. The Morgan fingerprint density at radius 3 is 2.65 bits per heavy atom. The second kappa shape index (κ2) is 6.99. The largest absolute Gasteiger partial charge is 0.358 e. The molecule has 7 heteroatoms. The Labute approximate surface area is 152 Å². The molecule has 0 atom stereocenters. The third kappa shape index (κ3) is 3.26. The average Bonchev–Trinajstić information content (AvgIpc) is 3.07. The number of nitrogens with zero attached hydrogens (tertiary/aromatic N) is 6. The summed E-state index contributed by atoms with van der Waals surface area (Å²) in [5, 5.41) is 12.9. The molecule has 136 valence electrons. The molecule has 0 aliphatic carbocycles. The Balaban J connectivity index is 1.61. The number of halogens is 1. The van der Waals surface area contributed by atoms with Gasteiger partial charge in [0.2, 0.25) is 0 Å². The first-order chi connectivity index (χ1) is 12.6. The maximum Gasteiger partial charge on any atom is 0.188 e. The topological polar surface area (TPSA) is 49.6 Å². The third-order valence-electron chi connectivity index (χ3n) is 5.12. The van der Waals surface area contributed by atoms with Crippen molar-refractivity contribution in [3.8, 4) is 11.4 Å². The first-order valence-electron chi connectivity index (χ1n) is 8.99.